The quantitative estimate of drug-likeness (QED) is 0.824. The van der Waals surface area contributed by atoms with Crippen LogP contribution in [-0.2, 0) is 0 Å². The largest absolute Gasteiger partial charge is 0.310 e. The summed E-state index contributed by atoms with van der Waals surface area (Å²) in [6.07, 6.45) is 4.00. The van der Waals surface area contributed by atoms with Crippen molar-refractivity contribution in [1.29, 1.82) is 0 Å². The third kappa shape index (κ3) is 3.19. The van der Waals surface area contributed by atoms with Crippen LogP contribution in [0.2, 0.25) is 5.02 Å². The Morgan fingerprint density at radius 3 is 2.88 bits per heavy atom. The zero-order valence-electron chi connectivity index (χ0n) is 9.47. The van der Waals surface area contributed by atoms with E-state index in [2.05, 4.69) is 12.2 Å². The van der Waals surface area contributed by atoms with E-state index in [9.17, 15) is 4.39 Å². The minimum atomic E-state index is -0.279. The standard InChI is InChI=1S/C13H17ClFN/c1-9(16-7-6-10-2-3-10)12-5-4-11(15)8-13(12)14/h4-5,8-10,16H,2-3,6-7H2,1H3. The van der Waals surface area contributed by atoms with Gasteiger partial charge in [-0.15, -0.1) is 0 Å². The first-order valence-electron chi connectivity index (χ1n) is 5.85. The highest BCUT2D eigenvalue weighted by molar-refractivity contribution is 6.31. The van der Waals surface area contributed by atoms with Gasteiger partial charge in [-0.3, -0.25) is 0 Å². The molecule has 88 valence electrons. The first-order valence-corrected chi connectivity index (χ1v) is 6.23. The molecular formula is C13H17ClFN. The highest BCUT2D eigenvalue weighted by atomic mass is 35.5. The maximum absolute atomic E-state index is 12.9. The van der Waals surface area contributed by atoms with Crippen LogP contribution in [0.5, 0.6) is 0 Å². The van der Waals surface area contributed by atoms with Gasteiger partial charge in [-0.1, -0.05) is 30.5 Å². The second-order valence-electron chi connectivity index (χ2n) is 4.57. The van der Waals surface area contributed by atoms with Gasteiger partial charge in [0, 0.05) is 11.1 Å². The van der Waals surface area contributed by atoms with Crippen LogP contribution in [0.4, 0.5) is 4.39 Å². The number of hydrogen-bond donors (Lipinski definition) is 1. The lowest BCUT2D eigenvalue weighted by Crippen LogP contribution is -2.20. The van der Waals surface area contributed by atoms with Gasteiger partial charge >= 0.3 is 0 Å². The molecule has 0 aromatic heterocycles. The van der Waals surface area contributed by atoms with Gasteiger partial charge in [0.05, 0.1) is 0 Å². The molecule has 0 spiro atoms. The summed E-state index contributed by atoms with van der Waals surface area (Å²) >= 11 is 6.00. The van der Waals surface area contributed by atoms with E-state index in [4.69, 9.17) is 11.6 Å². The van der Waals surface area contributed by atoms with Gasteiger partial charge in [0.15, 0.2) is 0 Å². The molecule has 1 unspecified atom stereocenters. The Bertz CT molecular complexity index is 363. The Morgan fingerprint density at radius 1 is 1.50 bits per heavy atom. The third-order valence-electron chi connectivity index (χ3n) is 3.13. The van der Waals surface area contributed by atoms with E-state index in [-0.39, 0.29) is 11.9 Å². The van der Waals surface area contributed by atoms with Gasteiger partial charge < -0.3 is 5.32 Å². The average molecular weight is 242 g/mol. The molecule has 2 rings (SSSR count). The topological polar surface area (TPSA) is 12.0 Å². The van der Waals surface area contributed by atoms with Crippen LogP contribution in [-0.4, -0.2) is 6.54 Å². The first-order chi connectivity index (χ1) is 7.66. The molecule has 16 heavy (non-hydrogen) atoms. The van der Waals surface area contributed by atoms with Gasteiger partial charge in [0.1, 0.15) is 5.82 Å². The fourth-order valence-corrected chi connectivity index (χ4v) is 2.20. The lowest BCUT2D eigenvalue weighted by atomic mass is 10.1. The SMILES string of the molecule is CC(NCCC1CC1)c1ccc(F)cc1Cl. The number of halogens is 2. The fraction of sp³-hybridized carbons (Fsp3) is 0.538. The number of nitrogens with one attached hydrogen (secondary N) is 1. The molecule has 0 heterocycles. The Kier molecular flexibility index (Phi) is 3.82. The van der Waals surface area contributed by atoms with Crippen molar-refractivity contribution in [2.24, 2.45) is 5.92 Å². The summed E-state index contributed by atoms with van der Waals surface area (Å²) in [5.74, 6) is 0.655. The molecule has 1 aromatic rings. The summed E-state index contributed by atoms with van der Waals surface area (Å²) in [5.41, 5.74) is 0.971. The van der Waals surface area contributed by atoms with Crippen LogP contribution in [0.3, 0.4) is 0 Å². The molecule has 1 aromatic carbocycles. The van der Waals surface area contributed by atoms with Gasteiger partial charge in [0.25, 0.3) is 0 Å². The molecule has 0 amide bonds. The zero-order valence-corrected chi connectivity index (χ0v) is 10.2. The fourth-order valence-electron chi connectivity index (χ4n) is 1.87. The smallest absolute Gasteiger partial charge is 0.124 e. The highest BCUT2D eigenvalue weighted by Crippen LogP contribution is 2.32. The molecule has 0 bridgehead atoms. The Morgan fingerprint density at radius 2 is 2.25 bits per heavy atom. The summed E-state index contributed by atoms with van der Waals surface area (Å²) in [6.45, 7) is 3.07. The molecule has 1 atom stereocenters. The van der Waals surface area contributed by atoms with Gasteiger partial charge in [0.2, 0.25) is 0 Å². The summed E-state index contributed by atoms with van der Waals surface area (Å²) in [4.78, 5) is 0. The van der Waals surface area contributed by atoms with Gasteiger partial charge in [-0.05, 0) is 43.5 Å². The molecule has 1 aliphatic carbocycles. The van der Waals surface area contributed by atoms with Crippen molar-refractivity contribution in [3.8, 4) is 0 Å². The van der Waals surface area contributed by atoms with Crippen molar-refractivity contribution < 1.29 is 4.39 Å². The van der Waals surface area contributed by atoms with E-state index in [1.54, 1.807) is 6.07 Å². The predicted octanol–water partition coefficient (Wildman–Crippen LogP) is 3.93. The molecular weight excluding hydrogens is 225 g/mol. The highest BCUT2D eigenvalue weighted by Gasteiger charge is 2.20. The minimum Gasteiger partial charge on any atom is -0.310 e. The molecule has 0 aliphatic heterocycles. The third-order valence-corrected chi connectivity index (χ3v) is 3.46. The number of benzene rings is 1. The van der Waals surface area contributed by atoms with Crippen molar-refractivity contribution in [2.75, 3.05) is 6.54 Å². The maximum Gasteiger partial charge on any atom is 0.124 e. The molecule has 0 radical (unpaired) electrons. The molecule has 1 saturated carbocycles. The van der Waals surface area contributed by atoms with Crippen LogP contribution in [0, 0.1) is 11.7 Å². The molecule has 1 fully saturated rings. The van der Waals surface area contributed by atoms with E-state index >= 15 is 0 Å². The molecule has 1 aliphatic rings. The van der Waals surface area contributed by atoms with Crippen molar-refractivity contribution in [1.82, 2.24) is 5.32 Å². The molecule has 1 N–H and O–H groups in total. The molecule has 1 nitrogen and oxygen atoms in total. The Hall–Kier alpha value is -0.600. The monoisotopic (exact) mass is 241 g/mol. The average Bonchev–Trinajstić information content (AvgIpc) is 3.01. The summed E-state index contributed by atoms with van der Waals surface area (Å²) in [5, 5.41) is 3.93. The second-order valence-corrected chi connectivity index (χ2v) is 4.98. The van der Waals surface area contributed by atoms with E-state index < -0.39 is 0 Å². The zero-order chi connectivity index (χ0) is 11.5. The minimum absolute atomic E-state index is 0.187. The Balaban J connectivity index is 1.88. The van der Waals surface area contributed by atoms with Crippen molar-refractivity contribution in [3.05, 3.63) is 34.6 Å². The molecule has 0 saturated heterocycles. The van der Waals surface area contributed by atoms with Crippen LogP contribution >= 0.6 is 11.6 Å². The predicted molar refractivity (Wildman–Crippen MR) is 65.2 cm³/mol. The van der Waals surface area contributed by atoms with Crippen LogP contribution in [0.25, 0.3) is 0 Å². The lowest BCUT2D eigenvalue weighted by Gasteiger charge is -2.15. The van der Waals surface area contributed by atoms with Crippen molar-refractivity contribution >= 4 is 11.6 Å². The van der Waals surface area contributed by atoms with Gasteiger partial charge in [-0.2, -0.15) is 0 Å². The normalized spacial score (nSPS) is 17.4. The van der Waals surface area contributed by atoms with E-state index in [1.807, 2.05) is 0 Å². The van der Waals surface area contributed by atoms with Crippen molar-refractivity contribution in [2.45, 2.75) is 32.2 Å². The summed E-state index contributed by atoms with van der Waals surface area (Å²) in [7, 11) is 0. The lowest BCUT2D eigenvalue weighted by molar-refractivity contribution is 0.538. The number of hydrogen-bond acceptors (Lipinski definition) is 1. The maximum atomic E-state index is 12.9. The van der Waals surface area contributed by atoms with Crippen LogP contribution in [0.15, 0.2) is 18.2 Å². The Labute approximate surface area is 101 Å². The molecule has 3 heteroatoms. The van der Waals surface area contributed by atoms with Gasteiger partial charge in [-0.25, -0.2) is 4.39 Å². The second kappa shape index (κ2) is 5.15. The van der Waals surface area contributed by atoms with E-state index in [1.165, 1.54) is 31.4 Å². The summed E-state index contributed by atoms with van der Waals surface area (Å²) in [6, 6.07) is 4.77. The first kappa shape index (κ1) is 11.9. The van der Waals surface area contributed by atoms with Crippen molar-refractivity contribution in [3.63, 3.8) is 0 Å². The number of rotatable bonds is 5. The summed E-state index contributed by atoms with van der Waals surface area (Å²) < 4.78 is 12.9. The van der Waals surface area contributed by atoms with Crippen LogP contribution in [0.1, 0.15) is 37.8 Å². The van der Waals surface area contributed by atoms with Crippen LogP contribution < -0.4 is 5.32 Å². The van der Waals surface area contributed by atoms with E-state index in [0.29, 0.717) is 5.02 Å². The van der Waals surface area contributed by atoms with E-state index in [0.717, 1.165) is 18.0 Å².